The number of aromatic amines is 2. The number of nitrogens with zero attached hydrogens (tertiary/aromatic N) is 1. The van der Waals surface area contributed by atoms with E-state index in [2.05, 4.69) is 17.1 Å². The van der Waals surface area contributed by atoms with Crippen molar-refractivity contribution in [2.75, 3.05) is 6.54 Å². The highest BCUT2D eigenvalue weighted by molar-refractivity contribution is 5.76. The molecule has 0 saturated carbocycles. The van der Waals surface area contributed by atoms with Crippen molar-refractivity contribution in [1.82, 2.24) is 15.1 Å². The van der Waals surface area contributed by atoms with Crippen LogP contribution in [-0.4, -0.2) is 27.5 Å². The monoisotopic (exact) mass is 223 g/mol. The number of rotatable bonds is 3. The molecule has 1 aliphatic heterocycles. The first-order valence-electron chi connectivity index (χ1n) is 5.78. The van der Waals surface area contributed by atoms with E-state index in [1.165, 1.54) is 0 Å². The molecule has 2 N–H and O–H groups in total. The fraction of sp³-hybridized carbons (Fsp3) is 0.636. The Bertz CT molecular complexity index is 433. The Morgan fingerprint density at radius 2 is 2.25 bits per heavy atom. The topological polar surface area (TPSA) is 69.0 Å². The molecule has 1 aromatic rings. The van der Waals surface area contributed by atoms with Crippen LogP contribution in [0.3, 0.4) is 0 Å². The predicted molar refractivity (Wildman–Crippen MR) is 60.1 cm³/mol. The van der Waals surface area contributed by atoms with Crippen molar-refractivity contribution in [3.05, 3.63) is 21.6 Å². The normalized spacial score (nSPS) is 14.9. The van der Waals surface area contributed by atoms with Crippen molar-refractivity contribution in [3.63, 3.8) is 0 Å². The highest BCUT2D eigenvalue weighted by Gasteiger charge is 2.23. The number of aromatic nitrogens is 2. The summed E-state index contributed by atoms with van der Waals surface area (Å²) in [4.78, 5) is 25.0. The van der Waals surface area contributed by atoms with Crippen molar-refractivity contribution in [3.8, 4) is 0 Å². The predicted octanol–water partition coefficient (Wildman–Crippen LogP) is 0.778. The summed E-state index contributed by atoms with van der Waals surface area (Å²) in [5.74, 6) is 0.160. The minimum atomic E-state index is -0.0945. The van der Waals surface area contributed by atoms with Crippen LogP contribution in [0.5, 0.6) is 0 Å². The summed E-state index contributed by atoms with van der Waals surface area (Å²) in [5.41, 5.74) is 1.57. The number of nitrogens with one attached hydrogen (secondary N) is 2. The maximum atomic E-state index is 11.8. The zero-order chi connectivity index (χ0) is 11.5. The van der Waals surface area contributed by atoms with Gasteiger partial charge in [0, 0.05) is 25.1 Å². The number of unbranched alkanes of at least 4 members (excludes halogenated alkanes) is 1. The van der Waals surface area contributed by atoms with E-state index in [0.717, 1.165) is 30.5 Å². The van der Waals surface area contributed by atoms with E-state index in [1.807, 2.05) is 0 Å². The van der Waals surface area contributed by atoms with Crippen molar-refractivity contribution < 1.29 is 4.79 Å². The van der Waals surface area contributed by atoms with Gasteiger partial charge >= 0.3 is 0 Å². The Hall–Kier alpha value is -1.52. The minimum absolute atomic E-state index is 0.0945. The summed E-state index contributed by atoms with van der Waals surface area (Å²) in [7, 11) is 0. The van der Waals surface area contributed by atoms with E-state index >= 15 is 0 Å². The molecule has 0 bridgehead atoms. The van der Waals surface area contributed by atoms with Gasteiger partial charge < -0.3 is 10.00 Å². The van der Waals surface area contributed by atoms with Gasteiger partial charge in [0.05, 0.1) is 12.1 Å². The average Bonchev–Trinajstić information content (AvgIpc) is 2.67. The van der Waals surface area contributed by atoms with E-state index < -0.39 is 0 Å². The molecular formula is C11H17N3O2. The van der Waals surface area contributed by atoms with Crippen LogP contribution in [0.1, 0.15) is 37.4 Å². The number of hydrogen-bond acceptors (Lipinski definition) is 2. The maximum absolute atomic E-state index is 11.8. The molecule has 5 nitrogen and oxygen atoms in total. The van der Waals surface area contributed by atoms with Crippen LogP contribution in [0.25, 0.3) is 0 Å². The largest absolute Gasteiger partial charge is 0.338 e. The molecule has 0 unspecified atom stereocenters. The molecule has 1 aliphatic rings. The Labute approximate surface area is 93.8 Å². The van der Waals surface area contributed by atoms with E-state index in [9.17, 15) is 9.59 Å². The second-order valence-electron chi connectivity index (χ2n) is 4.21. The Kier molecular flexibility index (Phi) is 3.12. The van der Waals surface area contributed by atoms with Crippen molar-refractivity contribution in [2.45, 2.75) is 39.2 Å². The zero-order valence-electron chi connectivity index (χ0n) is 9.51. The molecule has 5 heteroatoms. The molecule has 0 fully saturated rings. The molecule has 0 radical (unpaired) electrons. The summed E-state index contributed by atoms with van der Waals surface area (Å²) < 4.78 is 0. The molecule has 1 amide bonds. The molecule has 0 aliphatic carbocycles. The van der Waals surface area contributed by atoms with Crippen molar-refractivity contribution in [2.24, 2.45) is 0 Å². The molecule has 16 heavy (non-hydrogen) atoms. The molecule has 0 saturated heterocycles. The Balaban J connectivity index is 2.04. The van der Waals surface area contributed by atoms with Gasteiger partial charge in [-0.3, -0.25) is 14.7 Å². The first-order valence-corrected chi connectivity index (χ1v) is 5.78. The lowest BCUT2D eigenvalue weighted by Crippen LogP contribution is -2.37. The number of hydrogen-bond donors (Lipinski definition) is 2. The summed E-state index contributed by atoms with van der Waals surface area (Å²) >= 11 is 0. The molecule has 88 valence electrons. The van der Waals surface area contributed by atoms with Crippen LogP contribution < -0.4 is 5.56 Å². The Morgan fingerprint density at radius 1 is 1.44 bits per heavy atom. The average molecular weight is 223 g/mol. The van der Waals surface area contributed by atoms with Gasteiger partial charge in [-0.15, -0.1) is 0 Å². The molecule has 2 rings (SSSR count). The number of carbonyl (C=O) groups is 1. The van der Waals surface area contributed by atoms with E-state index in [1.54, 1.807) is 4.90 Å². The number of amides is 1. The fourth-order valence-corrected chi connectivity index (χ4v) is 2.02. The summed E-state index contributed by atoms with van der Waals surface area (Å²) in [5, 5.41) is 5.42. The molecular weight excluding hydrogens is 206 g/mol. The lowest BCUT2D eigenvalue weighted by atomic mass is 10.1. The molecule has 0 spiro atoms. The number of fused-ring (bicyclic) bond motifs is 1. The lowest BCUT2D eigenvalue weighted by Gasteiger charge is -2.26. The van der Waals surface area contributed by atoms with Gasteiger partial charge in [-0.25, -0.2) is 0 Å². The first-order chi connectivity index (χ1) is 7.72. The third kappa shape index (κ3) is 2.03. The van der Waals surface area contributed by atoms with Crippen LogP contribution in [0.2, 0.25) is 0 Å². The van der Waals surface area contributed by atoms with Gasteiger partial charge in [-0.1, -0.05) is 13.3 Å². The SMILES string of the molecule is CCCCC(=O)N1CCc2[nH][nH]c(=O)c2C1. The van der Waals surface area contributed by atoms with Gasteiger partial charge in [0.1, 0.15) is 0 Å². The maximum Gasteiger partial charge on any atom is 0.269 e. The van der Waals surface area contributed by atoms with Crippen LogP contribution >= 0.6 is 0 Å². The van der Waals surface area contributed by atoms with Gasteiger partial charge in [0.2, 0.25) is 5.91 Å². The van der Waals surface area contributed by atoms with Crippen LogP contribution in [-0.2, 0) is 17.8 Å². The van der Waals surface area contributed by atoms with Gasteiger partial charge in [-0.05, 0) is 6.42 Å². The van der Waals surface area contributed by atoms with Crippen molar-refractivity contribution >= 4 is 5.91 Å². The Morgan fingerprint density at radius 3 is 3.00 bits per heavy atom. The molecule has 0 atom stereocenters. The van der Waals surface area contributed by atoms with E-state index in [0.29, 0.717) is 19.5 Å². The van der Waals surface area contributed by atoms with Gasteiger partial charge in [0.25, 0.3) is 5.56 Å². The second kappa shape index (κ2) is 4.55. The van der Waals surface area contributed by atoms with Gasteiger partial charge in [0.15, 0.2) is 0 Å². The third-order valence-corrected chi connectivity index (χ3v) is 3.04. The summed E-state index contributed by atoms with van der Waals surface area (Å²) in [6.45, 7) is 3.23. The summed E-state index contributed by atoms with van der Waals surface area (Å²) in [6.07, 6.45) is 3.28. The minimum Gasteiger partial charge on any atom is -0.338 e. The first kappa shape index (κ1) is 11.0. The van der Waals surface area contributed by atoms with E-state index in [-0.39, 0.29) is 11.5 Å². The lowest BCUT2D eigenvalue weighted by molar-refractivity contribution is -0.132. The molecule has 1 aromatic heterocycles. The smallest absolute Gasteiger partial charge is 0.269 e. The van der Waals surface area contributed by atoms with Crippen molar-refractivity contribution in [1.29, 1.82) is 0 Å². The van der Waals surface area contributed by atoms with Gasteiger partial charge in [-0.2, -0.15) is 0 Å². The molecule has 2 heterocycles. The fourth-order valence-electron chi connectivity index (χ4n) is 2.02. The molecule has 0 aromatic carbocycles. The highest BCUT2D eigenvalue weighted by Crippen LogP contribution is 2.14. The number of H-pyrrole nitrogens is 2. The highest BCUT2D eigenvalue weighted by atomic mass is 16.2. The summed E-state index contributed by atoms with van der Waals surface area (Å²) in [6, 6.07) is 0. The van der Waals surface area contributed by atoms with Crippen LogP contribution in [0, 0.1) is 0 Å². The van der Waals surface area contributed by atoms with E-state index in [4.69, 9.17) is 0 Å². The second-order valence-corrected chi connectivity index (χ2v) is 4.21. The standard InChI is InChI=1S/C11H17N3O2/c1-2-3-4-10(15)14-6-5-9-8(7-14)11(16)13-12-9/h2-7H2,1H3,(H2,12,13,16). The quantitative estimate of drug-likeness (QED) is 0.795. The third-order valence-electron chi connectivity index (χ3n) is 3.04. The zero-order valence-corrected chi connectivity index (χ0v) is 9.51. The van der Waals surface area contributed by atoms with Crippen LogP contribution in [0.4, 0.5) is 0 Å². The van der Waals surface area contributed by atoms with Crippen LogP contribution in [0.15, 0.2) is 4.79 Å². The number of carbonyl (C=O) groups excluding carboxylic acids is 1.